The van der Waals surface area contributed by atoms with E-state index in [1.165, 1.54) is 32.4 Å². The van der Waals surface area contributed by atoms with Crippen molar-refractivity contribution in [3.63, 3.8) is 0 Å². The summed E-state index contributed by atoms with van der Waals surface area (Å²) in [5, 5.41) is 3.18. The number of urea groups is 1. The van der Waals surface area contributed by atoms with E-state index in [1.54, 1.807) is 0 Å². The monoisotopic (exact) mass is 359 g/mol. The molecule has 2 amide bonds. The average molecular weight is 360 g/mol. The van der Waals surface area contributed by atoms with Crippen molar-refractivity contribution in [2.24, 2.45) is 0 Å². The Labute approximate surface area is 157 Å². The van der Waals surface area contributed by atoms with E-state index >= 15 is 0 Å². The van der Waals surface area contributed by atoms with Gasteiger partial charge in [0.2, 0.25) is 0 Å². The number of nitrogens with one attached hydrogen (secondary N) is 1. The van der Waals surface area contributed by atoms with Gasteiger partial charge in [-0.05, 0) is 58.2 Å². The Balaban J connectivity index is 1.44. The van der Waals surface area contributed by atoms with E-state index in [1.807, 2.05) is 24.1 Å². The van der Waals surface area contributed by atoms with Gasteiger partial charge in [-0.1, -0.05) is 13.3 Å². The number of carbonyl (C=O) groups excluding carboxylic acids is 1. The van der Waals surface area contributed by atoms with Crippen LogP contribution in [0.15, 0.2) is 12.3 Å². The van der Waals surface area contributed by atoms with Gasteiger partial charge in [-0.25, -0.2) is 14.8 Å². The average Bonchev–Trinajstić information content (AvgIpc) is 2.69. The molecule has 1 aromatic rings. The van der Waals surface area contributed by atoms with Gasteiger partial charge < -0.3 is 10.2 Å². The standard InChI is InChI=1S/C20H33N5O/c1-3-18(24-11-5-4-6-12-24)15-22-20(26)25-13-8-17(9-14-25)19-7-10-21-16(2)23-19/h7,10,17-18H,3-6,8-9,11-15H2,1-2H3,(H,22,26)/t18-/m0/s1. The van der Waals surface area contributed by atoms with Crippen molar-refractivity contribution in [2.45, 2.75) is 64.3 Å². The lowest BCUT2D eigenvalue weighted by Gasteiger charge is -2.35. The summed E-state index contributed by atoms with van der Waals surface area (Å²) in [5.74, 6) is 1.27. The molecule has 3 rings (SSSR count). The second kappa shape index (κ2) is 9.31. The van der Waals surface area contributed by atoms with Crippen molar-refractivity contribution < 1.29 is 4.79 Å². The molecule has 144 valence electrons. The number of carbonyl (C=O) groups is 1. The third-order valence-corrected chi connectivity index (χ3v) is 5.87. The van der Waals surface area contributed by atoms with Gasteiger partial charge >= 0.3 is 6.03 Å². The molecule has 2 fully saturated rings. The molecule has 1 aromatic heterocycles. The second-order valence-electron chi connectivity index (χ2n) is 7.63. The zero-order valence-electron chi connectivity index (χ0n) is 16.3. The summed E-state index contributed by atoms with van der Waals surface area (Å²) in [6.45, 7) is 8.88. The largest absolute Gasteiger partial charge is 0.336 e. The first-order chi connectivity index (χ1) is 12.7. The summed E-state index contributed by atoms with van der Waals surface area (Å²) in [6.07, 6.45) is 8.82. The Hall–Kier alpha value is -1.69. The van der Waals surface area contributed by atoms with Crippen LogP contribution in [0, 0.1) is 6.92 Å². The number of aromatic nitrogens is 2. The molecular formula is C20H33N5O. The zero-order valence-corrected chi connectivity index (χ0v) is 16.3. The molecule has 6 heteroatoms. The van der Waals surface area contributed by atoms with Gasteiger partial charge in [-0.2, -0.15) is 0 Å². The number of rotatable bonds is 5. The van der Waals surface area contributed by atoms with Crippen LogP contribution in [0.1, 0.15) is 62.9 Å². The quantitative estimate of drug-likeness (QED) is 0.878. The van der Waals surface area contributed by atoms with E-state index < -0.39 is 0 Å². The van der Waals surface area contributed by atoms with E-state index in [0.717, 1.165) is 50.4 Å². The van der Waals surface area contributed by atoms with E-state index in [4.69, 9.17) is 0 Å². The van der Waals surface area contributed by atoms with Crippen molar-refractivity contribution in [1.29, 1.82) is 0 Å². The fourth-order valence-electron chi connectivity index (χ4n) is 4.21. The van der Waals surface area contributed by atoms with Crippen LogP contribution in [0.25, 0.3) is 0 Å². The molecule has 6 nitrogen and oxygen atoms in total. The zero-order chi connectivity index (χ0) is 18.4. The molecule has 0 unspecified atom stereocenters. The van der Waals surface area contributed by atoms with Crippen LogP contribution in [0.2, 0.25) is 0 Å². The van der Waals surface area contributed by atoms with Gasteiger partial charge in [0.1, 0.15) is 5.82 Å². The predicted molar refractivity (Wildman–Crippen MR) is 103 cm³/mol. The molecule has 2 saturated heterocycles. The summed E-state index contributed by atoms with van der Waals surface area (Å²) in [7, 11) is 0. The number of aryl methyl sites for hydroxylation is 1. The topological polar surface area (TPSA) is 61.4 Å². The highest BCUT2D eigenvalue weighted by Crippen LogP contribution is 2.26. The Morgan fingerprint density at radius 2 is 1.96 bits per heavy atom. The minimum atomic E-state index is 0.0952. The van der Waals surface area contributed by atoms with Gasteiger partial charge in [-0.3, -0.25) is 4.90 Å². The van der Waals surface area contributed by atoms with Gasteiger partial charge in [-0.15, -0.1) is 0 Å². The molecule has 0 radical (unpaired) electrons. The molecule has 2 aliphatic heterocycles. The van der Waals surface area contributed by atoms with Crippen LogP contribution >= 0.6 is 0 Å². The SMILES string of the molecule is CC[C@@H](CNC(=O)N1CCC(c2ccnc(C)n2)CC1)N1CCCCC1. The maximum Gasteiger partial charge on any atom is 0.317 e. The highest BCUT2D eigenvalue weighted by molar-refractivity contribution is 5.74. The lowest BCUT2D eigenvalue weighted by atomic mass is 9.93. The number of hydrogen-bond acceptors (Lipinski definition) is 4. The normalized spacial score (nSPS) is 20.8. The van der Waals surface area contributed by atoms with Crippen LogP contribution in [0.4, 0.5) is 4.79 Å². The van der Waals surface area contributed by atoms with Crippen LogP contribution < -0.4 is 5.32 Å². The molecule has 0 aliphatic carbocycles. The Morgan fingerprint density at radius 1 is 1.23 bits per heavy atom. The first kappa shape index (κ1) is 19.1. The maximum absolute atomic E-state index is 12.6. The fourth-order valence-corrected chi connectivity index (χ4v) is 4.21. The van der Waals surface area contributed by atoms with E-state index in [9.17, 15) is 4.79 Å². The van der Waals surface area contributed by atoms with Crippen LogP contribution in [0.5, 0.6) is 0 Å². The molecule has 0 bridgehead atoms. The Morgan fingerprint density at radius 3 is 2.62 bits per heavy atom. The summed E-state index contributed by atoms with van der Waals surface area (Å²) in [6, 6.07) is 2.58. The van der Waals surface area contributed by atoms with Gasteiger partial charge in [0, 0.05) is 43.5 Å². The van der Waals surface area contributed by atoms with E-state index in [-0.39, 0.29) is 6.03 Å². The summed E-state index contributed by atoms with van der Waals surface area (Å²) < 4.78 is 0. The minimum absolute atomic E-state index is 0.0952. The van der Waals surface area contributed by atoms with E-state index in [2.05, 4.69) is 27.1 Å². The molecule has 2 aliphatic rings. The summed E-state index contributed by atoms with van der Waals surface area (Å²) in [5.41, 5.74) is 1.12. The molecule has 26 heavy (non-hydrogen) atoms. The van der Waals surface area contributed by atoms with Gasteiger partial charge in [0.25, 0.3) is 0 Å². The first-order valence-electron chi connectivity index (χ1n) is 10.2. The van der Waals surface area contributed by atoms with Gasteiger partial charge in [0.15, 0.2) is 0 Å². The summed E-state index contributed by atoms with van der Waals surface area (Å²) >= 11 is 0. The molecule has 0 aromatic carbocycles. The van der Waals surface area contributed by atoms with Crippen molar-refractivity contribution in [3.05, 3.63) is 23.8 Å². The molecule has 1 atom stereocenters. The number of amides is 2. The Kier molecular flexibility index (Phi) is 6.83. The highest BCUT2D eigenvalue weighted by atomic mass is 16.2. The molecule has 1 N–H and O–H groups in total. The third kappa shape index (κ3) is 4.93. The van der Waals surface area contributed by atoms with Crippen LogP contribution in [0.3, 0.4) is 0 Å². The highest BCUT2D eigenvalue weighted by Gasteiger charge is 2.26. The summed E-state index contributed by atoms with van der Waals surface area (Å²) in [4.78, 5) is 25.8. The first-order valence-corrected chi connectivity index (χ1v) is 10.2. The van der Waals surface area contributed by atoms with Crippen molar-refractivity contribution in [2.75, 3.05) is 32.7 Å². The third-order valence-electron chi connectivity index (χ3n) is 5.87. The molecular weight excluding hydrogens is 326 g/mol. The number of piperidine rings is 2. The number of hydrogen-bond donors (Lipinski definition) is 1. The van der Waals surface area contributed by atoms with Crippen molar-refractivity contribution in [1.82, 2.24) is 25.1 Å². The van der Waals surface area contributed by atoms with Crippen LogP contribution in [-0.2, 0) is 0 Å². The van der Waals surface area contributed by atoms with E-state index in [0.29, 0.717) is 12.0 Å². The predicted octanol–water partition coefficient (Wildman–Crippen LogP) is 2.94. The lowest BCUT2D eigenvalue weighted by molar-refractivity contribution is 0.147. The van der Waals surface area contributed by atoms with Gasteiger partial charge in [0.05, 0.1) is 0 Å². The molecule has 3 heterocycles. The molecule has 0 spiro atoms. The lowest BCUT2D eigenvalue weighted by Crippen LogP contribution is -2.50. The maximum atomic E-state index is 12.6. The number of likely N-dealkylation sites (tertiary alicyclic amines) is 2. The second-order valence-corrected chi connectivity index (χ2v) is 7.63. The smallest absolute Gasteiger partial charge is 0.317 e. The minimum Gasteiger partial charge on any atom is -0.336 e. The Bertz CT molecular complexity index is 579. The fraction of sp³-hybridized carbons (Fsp3) is 0.750. The van der Waals surface area contributed by atoms with Crippen molar-refractivity contribution in [3.8, 4) is 0 Å². The van der Waals surface area contributed by atoms with Crippen LogP contribution in [-0.4, -0.2) is 64.6 Å². The molecule has 0 saturated carbocycles. The van der Waals surface area contributed by atoms with Crippen molar-refractivity contribution >= 4 is 6.03 Å². The number of nitrogens with zero attached hydrogens (tertiary/aromatic N) is 4.